The second-order valence-corrected chi connectivity index (χ2v) is 7.35. The van der Waals surface area contributed by atoms with E-state index in [1.807, 2.05) is 33.2 Å². The van der Waals surface area contributed by atoms with E-state index >= 15 is 0 Å². The number of aromatic nitrogens is 1. The van der Waals surface area contributed by atoms with Gasteiger partial charge in [0.15, 0.2) is 0 Å². The molecule has 0 saturated carbocycles. The van der Waals surface area contributed by atoms with Gasteiger partial charge in [-0.25, -0.2) is 4.98 Å². The lowest BCUT2D eigenvalue weighted by Crippen LogP contribution is -2.08. The van der Waals surface area contributed by atoms with E-state index in [1.165, 1.54) is 5.69 Å². The summed E-state index contributed by atoms with van der Waals surface area (Å²) in [4.78, 5) is 18.7. The van der Waals surface area contributed by atoms with E-state index in [1.54, 1.807) is 11.3 Å². The van der Waals surface area contributed by atoms with Crippen molar-refractivity contribution in [3.05, 3.63) is 53.4 Å². The SMILES string of the molecule is C[C@@H]1C(=O)Nc2ccc(-c3csc(-c4ccc(N(C)C)cc4)n3)cc21. The van der Waals surface area contributed by atoms with E-state index in [0.29, 0.717) is 0 Å². The molecular formula is C20H19N3OS. The van der Waals surface area contributed by atoms with Crippen molar-refractivity contribution < 1.29 is 4.79 Å². The average Bonchev–Trinajstić information content (AvgIpc) is 3.21. The van der Waals surface area contributed by atoms with Gasteiger partial charge in [-0.05, 0) is 48.9 Å². The molecule has 1 aliphatic rings. The number of benzene rings is 2. The molecule has 0 aliphatic carbocycles. The Morgan fingerprint density at radius 1 is 1.08 bits per heavy atom. The molecule has 0 saturated heterocycles. The second kappa shape index (κ2) is 6.01. The van der Waals surface area contributed by atoms with Gasteiger partial charge in [0.2, 0.25) is 5.91 Å². The van der Waals surface area contributed by atoms with Crippen molar-refractivity contribution in [2.75, 3.05) is 24.3 Å². The van der Waals surface area contributed by atoms with E-state index in [4.69, 9.17) is 4.98 Å². The number of rotatable bonds is 3. The number of thiazole rings is 1. The molecule has 126 valence electrons. The summed E-state index contributed by atoms with van der Waals surface area (Å²) in [6.07, 6.45) is 0. The molecule has 0 unspecified atom stereocenters. The molecule has 1 atom stereocenters. The van der Waals surface area contributed by atoms with Gasteiger partial charge in [0.25, 0.3) is 0 Å². The van der Waals surface area contributed by atoms with Crippen LogP contribution in [0.4, 0.5) is 11.4 Å². The predicted octanol–water partition coefficient (Wildman–Crippen LogP) is 4.60. The molecule has 1 aromatic heterocycles. The lowest BCUT2D eigenvalue weighted by molar-refractivity contribution is -0.116. The summed E-state index contributed by atoms with van der Waals surface area (Å²) in [7, 11) is 4.07. The van der Waals surface area contributed by atoms with Crippen LogP contribution in [0.3, 0.4) is 0 Å². The zero-order valence-corrected chi connectivity index (χ0v) is 15.2. The number of anilines is 2. The van der Waals surface area contributed by atoms with E-state index in [0.717, 1.165) is 33.1 Å². The lowest BCUT2D eigenvalue weighted by Gasteiger charge is -2.12. The molecule has 5 heteroatoms. The van der Waals surface area contributed by atoms with Crippen molar-refractivity contribution in [2.45, 2.75) is 12.8 Å². The van der Waals surface area contributed by atoms with Gasteiger partial charge in [0.1, 0.15) is 5.01 Å². The van der Waals surface area contributed by atoms with E-state index in [9.17, 15) is 4.79 Å². The van der Waals surface area contributed by atoms with Gasteiger partial charge < -0.3 is 10.2 Å². The Bertz CT molecular complexity index is 944. The van der Waals surface area contributed by atoms with Crippen LogP contribution in [-0.2, 0) is 4.79 Å². The monoisotopic (exact) mass is 349 g/mol. The van der Waals surface area contributed by atoms with Crippen molar-refractivity contribution in [3.8, 4) is 21.8 Å². The van der Waals surface area contributed by atoms with E-state index < -0.39 is 0 Å². The van der Waals surface area contributed by atoms with Crippen molar-refractivity contribution in [1.82, 2.24) is 4.98 Å². The third-order valence-corrected chi connectivity index (χ3v) is 5.49. The van der Waals surface area contributed by atoms with E-state index in [2.05, 4.69) is 45.9 Å². The topological polar surface area (TPSA) is 45.2 Å². The van der Waals surface area contributed by atoms with Crippen LogP contribution in [0.25, 0.3) is 21.8 Å². The minimum absolute atomic E-state index is 0.0621. The first-order chi connectivity index (χ1) is 12.0. The molecule has 1 N–H and O–H groups in total. The van der Waals surface area contributed by atoms with Crippen LogP contribution in [0.5, 0.6) is 0 Å². The fourth-order valence-electron chi connectivity index (χ4n) is 3.02. The van der Waals surface area contributed by atoms with Gasteiger partial charge in [-0.2, -0.15) is 0 Å². The molecule has 2 heterocycles. The van der Waals surface area contributed by atoms with Crippen LogP contribution in [0.2, 0.25) is 0 Å². The van der Waals surface area contributed by atoms with Gasteiger partial charge >= 0.3 is 0 Å². The summed E-state index contributed by atoms with van der Waals surface area (Å²) in [6, 6.07) is 14.5. The maximum absolute atomic E-state index is 11.8. The van der Waals surface area contributed by atoms with Crippen LogP contribution >= 0.6 is 11.3 Å². The number of amides is 1. The van der Waals surface area contributed by atoms with Crippen molar-refractivity contribution >= 4 is 28.6 Å². The first-order valence-corrected chi connectivity index (χ1v) is 9.09. The average molecular weight is 349 g/mol. The number of nitrogens with zero attached hydrogens (tertiary/aromatic N) is 2. The summed E-state index contributed by atoms with van der Waals surface area (Å²) in [6.45, 7) is 1.93. The summed E-state index contributed by atoms with van der Waals surface area (Å²) >= 11 is 1.64. The Balaban J connectivity index is 1.65. The number of carbonyl (C=O) groups is 1. The van der Waals surface area contributed by atoms with Crippen molar-refractivity contribution in [1.29, 1.82) is 0 Å². The minimum atomic E-state index is -0.105. The van der Waals surface area contributed by atoms with Gasteiger partial charge in [-0.3, -0.25) is 4.79 Å². The first kappa shape index (κ1) is 15.8. The zero-order valence-electron chi connectivity index (χ0n) is 14.4. The Morgan fingerprint density at radius 3 is 2.52 bits per heavy atom. The molecular weight excluding hydrogens is 330 g/mol. The molecule has 0 fully saturated rings. The van der Waals surface area contributed by atoms with Gasteiger partial charge in [0, 0.05) is 42.0 Å². The number of hydrogen-bond donors (Lipinski definition) is 1. The minimum Gasteiger partial charge on any atom is -0.378 e. The molecule has 4 nitrogen and oxygen atoms in total. The Kier molecular flexibility index (Phi) is 3.81. The van der Waals surface area contributed by atoms with Crippen LogP contribution in [-0.4, -0.2) is 25.0 Å². The molecule has 1 amide bonds. The molecule has 3 aromatic rings. The molecule has 1 aliphatic heterocycles. The summed E-state index contributed by atoms with van der Waals surface area (Å²) in [5.41, 5.74) is 6.25. The Hall–Kier alpha value is -2.66. The van der Waals surface area contributed by atoms with E-state index in [-0.39, 0.29) is 11.8 Å². The van der Waals surface area contributed by atoms with Crippen LogP contribution in [0, 0.1) is 0 Å². The molecule has 0 spiro atoms. The fraction of sp³-hybridized carbons (Fsp3) is 0.200. The number of fused-ring (bicyclic) bond motifs is 1. The molecule has 25 heavy (non-hydrogen) atoms. The number of hydrogen-bond acceptors (Lipinski definition) is 4. The Morgan fingerprint density at radius 2 is 1.80 bits per heavy atom. The first-order valence-electron chi connectivity index (χ1n) is 8.21. The maximum Gasteiger partial charge on any atom is 0.231 e. The molecule has 2 aromatic carbocycles. The van der Waals surface area contributed by atoms with Crippen LogP contribution < -0.4 is 10.2 Å². The third-order valence-electron chi connectivity index (χ3n) is 4.60. The van der Waals surface area contributed by atoms with Crippen molar-refractivity contribution in [3.63, 3.8) is 0 Å². The highest BCUT2D eigenvalue weighted by atomic mass is 32.1. The molecule has 0 bridgehead atoms. The molecule has 4 rings (SSSR count). The Labute approximate surface area is 151 Å². The maximum atomic E-state index is 11.8. The summed E-state index contributed by atoms with van der Waals surface area (Å²) in [5, 5.41) is 5.99. The number of nitrogens with one attached hydrogen (secondary N) is 1. The third kappa shape index (κ3) is 2.81. The van der Waals surface area contributed by atoms with Crippen molar-refractivity contribution in [2.24, 2.45) is 0 Å². The number of carbonyl (C=O) groups excluding carboxylic acids is 1. The van der Waals surface area contributed by atoms with Crippen LogP contribution in [0.1, 0.15) is 18.4 Å². The fourth-order valence-corrected chi connectivity index (χ4v) is 3.85. The summed E-state index contributed by atoms with van der Waals surface area (Å²) in [5.74, 6) is -0.0428. The second-order valence-electron chi connectivity index (χ2n) is 6.49. The standard InChI is InChI=1S/C20H19N3OS/c1-12-16-10-14(6-9-17(16)21-19(12)24)18-11-25-20(22-18)13-4-7-15(8-5-13)23(2)3/h4-12H,1-3H3,(H,21,24)/t12-/m0/s1. The van der Waals surface area contributed by atoms with Crippen LogP contribution in [0.15, 0.2) is 47.8 Å². The lowest BCUT2D eigenvalue weighted by atomic mass is 9.99. The quantitative estimate of drug-likeness (QED) is 0.752. The zero-order chi connectivity index (χ0) is 17.6. The molecule has 0 radical (unpaired) electrons. The normalized spacial score (nSPS) is 15.8. The highest BCUT2D eigenvalue weighted by Crippen LogP contribution is 2.36. The largest absolute Gasteiger partial charge is 0.378 e. The predicted molar refractivity (Wildman–Crippen MR) is 104 cm³/mol. The summed E-state index contributed by atoms with van der Waals surface area (Å²) < 4.78 is 0. The highest BCUT2D eigenvalue weighted by molar-refractivity contribution is 7.13. The van der Waals surface area contributed by atoms with Gasteiger partial charge in [-0.15, -0.1) is 11.3 Å². The van der Waals surface area contributed by atoms with Gasteiger partial charge in [-0.1, -0.05) is 6.07 Å². The van der Waals surface area contributed by atoms with Gasteiger partial charge in [0.05, 0.1) is 11.6 Å². The highest BCUT2D eigenvalue weighted by Gasteiger charge is 2.26. The smallest absolute Gasteiger partial charge is 0.231 e.